The van der Waals surface area contributed by atoms with Crippen LogP contribution in [0.3, 0.4) is 0 Å². The molecule has 4 heterocycles. The average Bonchev–Trinajstić information content (AvgIpc) is 3.57. The number of nitrogens with one attached hydrogen (secondary N) is 2. The van der Waals surface area contributed by atoms with Crippen LogP contribution in [-0.4, -0.2) is 125 Å². The number of phenolic OH excluding ortho intramolecular Hbond substituents is 2. The molecule has 278 valence electrons. The van der Waals surface area contributed by atoms with Crippen molar-refractivity contribution in [1.29, 1.82) is 0 Å². The number of likely N-dealkylation sites (tertiary alicyclic amines) is 1. The molecule has 8 N–H and O–H groups in total. The number of aliphatic carboxylic acids is 2. The molecule has 0 bridgehead atoms. The van der Waals surface area contributed by atoms with Crippen molar-refractivity contribution in [3.63, 3.8) is 0 Å². The molecule has 0 radical (unpaired) electrons. The van der Waals surface area contributed by atoms with Crippen LogP contribution in [0.15, 0.2) is 33.9 Å². The van der Waals surface area contributed by atoms with Gasteiger partial charge in [0.2, 0.25) is 5.60 Å². The number of hydrogen-bond donors (Lipinski definition) is 7. The predicted molar refractivity (Wildman–Crippen MR) is 189 cm³/mol. The van der Waals surface area contributed by atoms with E-state index in [1.165, 1.54) is 42.0 Å². The summed E-state index contributed by atoms with van der Waals surface area (Å²) in [7, 11) is 1.96. The summed E-state index contributed by atoms with van der Waals surface area (Å²) in [5.41, 5.74) is 4.08. The summed E-state index contributed by atoms with van der Waals surface area (Å²) >= 11 is 8.53. The second-order valence-corrected chi connectivity index (χ2v) is 16.6. The fraction of sp³-hybridized carbons (Fsp3) is 0.469. The van der Waals surface area contributed by atoms with Crippen molar-refractivity contribution in [1.82, 2.24) is 20.5 Å². The molecule has 17 nitrogen and oxygen atoms in total. The number of carboxylic acid groups (broad SMARTS) is 2. The van der Waals surface area contributed by atoms with Gasteiger partial charge in [-0.3, -0.25) is 19.3 Å². The molecule has 20 heteroatoms. The minimum atomic E-state index is -1.80. The number of phenols is 2. The van der Waals surface area contributed by atoms with Gasteiger partial charge in [-0.2, -0.15) is 0 Å². The number of quaternary nitrogens is 1. The largest absolute Gasteiger partial charge is 0.504 e. The Morgan fingerprint density at radius 1 is 1.25 bits per heavy atom. The SMILES string of the molecule is CC(C)(O/N=C(\C(=O)N[C@@H]1C(=O)N2C(C(=O)O)=C3C[N+](C)(CCNC(=O)c4ccc(O)c(O)c4Cl)CCCC4CC34S[C@H]12)c1csc(N)n1)C(=O)O. The summed E-state index contributed by atoms with van der Waals surface area (Å²) in [6, 6.07) is 1.34. The summed E-state index contributed by atoms with van der Waals surface area (Å²) < 4.78 is -0.208. The number of thiazole rings is 1. The Morgan fingerprint density at radius 2 is 1.98 bits per heavy atom. The molecule has 1 aromatic carbocycles. The molecule has 3 fully saturated rings. The number of nitrogens with two attached hydrogens (primary N) is 1. The molecule has 6 rings (SSSR count). The molecule has 5 atom stereocenters. The van der Waals surface area contributed by atoms with Crippen LogP contribution in [0.2, 0.25) is 5.02 Å². The highest BCUT2D eigenvalue weighted by Crippen LogP contribution is 2.67. The molecule has 1 aromatic heterocycles. The molecule has 3 unspecified atom stereocenters. The number of aromatic hydroxyl groups is 2. The number of oxime groups is 1. The average molecular weight is 779 g/mol. The number of carbonyl (C=O) groups is 5. The van der Waals surface area contributed by atoms with Gasteiger partial charge in [-0.25, -0.2) is 14.6 Å². The molecule has 2 saturated heterocycles. The second kappa shape index (κ2) is 13.4. The van der Waals surface area contributed by atoms with Crippen molar-refractivity contribution in [2.24, 2.45) is 11.1 Å². The predicted octanol–water partition coefficient (Wildman–Crippen LogP) is 1.54. The number of carboxylic acids is 2. The Kier molecular flexibility index (Phi) is 9.60. The summed E-state index contributed by atoms with van der Waals surface area (Å²) in [6.07, 6.45) is 2.34. The molecule has 1 aliphatic carbocycles. The van der Waals surface area contributed by atoms with Crippen LogP contribution < -0.4 is 16.4 Å². The van der Waals surface area contributed by atoms with E-state index in [4.69, 9.17) is 22.2 Å². The second-order valence-electron chi connectivity index (χ2n) is 13.9. The number of amides is 3. The van der Waals surface area contributed by atoms with Gasteiger partial charge in [0.1, 0.15) is 29.4 Å². The minimum Gasteiger partial charge on any atom is -0.504 e. The number of anilines is 1. The van der Waals surface area contributed by atoms with Crippen molar-refractivity contribution in [2.75, 3.05) is 39.0 Å². The lowest BCUT2D eigenvalue weighted by Crippen LogP contribution is -2.72. The van der Waals surface area contributed by atoms with E-state index in [-0.39, 0.29) is 39.6 Å². The first-order valence-electron chi connectivity index (χ1n) is 16.2. The number of halogens is 1. The smallest absolute Gasteiger partial charge is 0.352 e. The van der Waals surface area contributed by atoms with E-state index in [0.717, 1.165) is 30.2 Å². The summed E-state index contributed by atoms with van der Waals surface area (Å²) in [5, 5.41) is 49.4. The number of β-lactam (4-membered cyclic amide) rings is 1. The Morgan fingerprint density at radius 3 is 2.63 bits per heavy atom. The number of thioether (sulfide) groups is 1. The van der Waals surface area contributed by atoms with Crippen LogP contribution in [0.5, 0.6) is 11.5 Å². The van der Waals surface area contributed by atoms with Crippen LogP contribution in [0.25, 0.3) is 0 Å². The zero-order valence-electron chi connectivity index (χ0n) is 28.2. The van der Waals surface area contributed by atoms with Gasteiger partial charge in [0, 0.05) is 11.0 Å². The van der Waals surface area contributed by atoms with E-state index >= 15 is 0 Å². The molecule has 3 aliphatic heterocycles. The third-order valence-corrected chi connectivity index (χ3v) is 12.8. The van der Waals surface area contributed by atoms with Gasteiger partial charge in [-0.1, -0.05) is 16.8 Å². The molecule has 1 spiro atoms. The topological polar surface area (TPSA) is 254 Å². The van der Waals surface area contributed by atoms with E-state index in [1.807, 2.05) is 7.05 Å². The maximum absolute atomic E-state index is 13.7. The monoisotopic (exact) mass is 778 g/mol. The zero-order chi connectivity index (χ0) is 37.9. The summed E-state index contributed by atoms with van der Waals surface area (Å²) in [6.45, 7) is 4.07. The Labute approximate surface area is 310 Å². The van der Waals surface area contributed by atoms with Gasteiger partial charge in [-0.05, 0) is 51.2 Å². The number of nitrogens with zero attached hydrogens (tertiary/aromatic N) is 4. The van der Waals surface area contributed by atoms with Crippen molar-refractivity contribution in [2.45, 2.75) is 54.9 Å². The van der Waals surface area contributed by atoms with Crippen LogP contribution >= 0.6 is 34.7 Å². The van der Waals surface area contributed by atoms with E-state index in [9.17, 15) is 44.4 Å². The van der Waals surface area contributed by atoms with Crippen molar-refractivity contribution in [3.8, 4) is 11.5 Å². The number of carbonyl (C=O) groups excluding carboxylic acids is 3. The lowest BCUT2D eigenvalue weighted by molar-refractivity contribution is -0.904. The quantitative estimate of drug-likeness (QED) is 0.0563. The normalized spacial score (nSPS) is 26.8. The molecule has 1 saturated carbocycles. The maximum Gasteiger partial charge on any atom is 0.352 e. The van der Waals surface area contributed by atoms with Crippen molar-refractivity contribution < 1.29 is 53.7 Å². The van der Waals surface area contributed by atoms with Gasteiger partial charge < -0.3 is 46.1 Å². The number of rotatable bonds is 11. The van der Waals surface area contributed by atoms with Gasteiger partial charge >= 0.3 is 11.9 Å². The highest BCUT2D eigenvalue weighted by atomic mass is 35.5. The lowest BCUT2D eigenvalue weighted by atomic mass is 9.95. The molecular formula is C32H37ClN7O10S2+. The number of aromatic nitrogens is 1. The van der Waals surface area contributed by atoms with Crippen LogP contribution in [-0.2, 0) is 24.0 Å². The molecule has 3 amide bonds. The minimum absolute atomic E-state index is 0.00736. The standard InChI is InChI=1S/C32H36ClN7O10S2/c1-31(2,29(48)49)50-38-20(17-13-51-30(34)36-17)25(44)37-21-26(45)39-22(28(46)47)16-12-40(3,9-4-5-14-11-32(14,16)52-27(21)39)10-8-35-24(43)15-6-7-18(41)23(42)19(15)33/h6-7,13-14,21,27H,4-5,8-12H2,1-3H3,(H7-,34,35,36,37,38,41,42,43,44,46,47,48,49)/p+1/t14?,21-,27-,32?,40?/m1/s1. The number of fused-ring (bicyclic) bond motifs is 1. The fourth-order valence-corrected chi connectivity index (χ4v) is 9.60. The molecular weight excluding hydrogens is 742 g/mol. The number of likely N-dealkylation sites (N-methyl/N-ethyl adjacent to an activating group) is 1. The molecule has 52 heavy (non-hydrogen) atoms. The third kappa shape index (κ3) is 6.61. The van der Waals surface area contributed by atoms with Crippen LogP contribution in [0.4, 0.5) is 5.13 Å². The van der Waals surface area contributed by atoms with Crippen molar-refractivity contribution >= 4 is 75.2 Å². The Bertz CT molecular complexity index is 1950. The first-order valence-corrected chi connectivity index (χ1v) is 18.3. The zero-order valence-corrected chi connectivity index (χ0v) is 30.6. The molecule has 2 aromatic rings. The van der Waals surface area contributed by atoms with Gasteiger partial charge in [-0.15, -0.1) is 23.1 Å². The van der Waals surface area contributed by atoms with Gasteiger partial charge in [0.15, 0.2) is 22.3 Å². The Hall–Kier alpha value is -4.59. The van der Waals surface area contributed by atoms with E-state index in [2.05, 4.69) is 20.8 Å². The van der Waals surface area contributed by atoms with Crippen LogP contribution in [0.1, 0.15) is 49.2 Å². The Balaban J connectivity index is 1.22. The van der Waals surface area contributed by atoms with Crippen molar-refractivity contribution in [3.05, 3.63) is 45.1 Å². The molecule has 4 aliphatic rings. The first kappa shape index (κ1) is 37.2. The third-order valence-electron chi connectivity index (χ3n) is 9.88. The summed E-state index contributed by atoms with van der Waals surface area (Å²) in [5.74, 6) is -5.56. The summed E-state index contributed by atoms with van der Waals surface area (Å²) in [4.78, 5) is 75.2. The van der Waals surface area contributed by atoms with Gasteiger partial charge in [0.25, 0.3) is 17.7 Å². The lowest BCUT2D eigenvalue weighted by Gasteiger charge is -2.53. The highest BCUT2D eigenvalue weighted by Gasteiger charge is 2.69. The number of nitrogen functional groups attached to an aromatic ring is 1. The fourth-order valence-electron chi connectivity index (χ4n) is 6.83. The number of hydrogen-bond acceptors (Lipinski definition) is 13. The van der Waals surface area contributed by atoms with Crippen LogP contribution in [0, 0.1) is 5.92 Å². The maximum atomic E-state index is 13.7. The van der Waals surface area contributed by atoms with E-state index in [1.54, 1.807) is 0 Å². The highest BCUT2D eigenvalue weighted by molar-refractivity contribution is 8.02. The first-order chi connectivity index (χ1) is 24.4. The number of benzene rings is 1. The van der Waals surface area contributed by atoms with E-state index in [0.29, 0.717) is 36.1 Å². The van der Waals surface area contributed by atoms with E-state index < -0.39 is 68.6 Å². The van der Waals surface area contributed by atoms with Gasteiger partial charge in [0.05, 0.1) is 42.0 Å².